The standard InChI is InChI=1S/C13H11ClN2O2S/c1-7-3-8(2)15-11(4-7)19-12-6-9(13(17)18)5-10(14)16-12/h3-6H,1-2H3,(H,17,18). The number of hydrogen-bond acceptors (Lipinski definition) is 4. The number of rotatable bonds is 3. The molecule has 1 N–H and O–H groups in total. The van der Waals surface area contributed by atoms with Crippen LogP contribution < -0.4 is 0 Å². The summed E-state index contributed by atoms with van der Waals surface area (Å²) in [6, 6.07) is 6.69. The lowest BCUT2D eigenvalue weighted by Gasteiger charge is -2.05. The van der Waals surface area contributed by atoms with Gasteiger partial charge in [-0.3, -0.25) is 0 Å². The van der Waals surface area contributed by atoms with E-state index < -0.39 is 5.97 Å². The van der Waals surface area contributed by atoms with E-state index in [9.17, 15) is 4.79 Å². The van der Waals surface area contributed by atoms with E-state index in [1.165, 1.54) is 23.9 Å². The number of pyridine rings is 2. The largest absolute Gasteiger partial charge is 0.478 e. The molecule has 0 radical (unpaired) electrons. The number of carboxylic acids is 1. The Morgan fingerprint density at radius 3 is 2.47 bits per heavy atom. The predicted octanol–water partition coefficient (Wildman–Crippen LogP) is 3.60. The van der Waals surface area contributed by atoms with Crippen LogP contribution in [0.4, 0.5) is 0 Å². The number of aromatic carboxylic acids is 1. The number of carboxylic acid groups (broad SMARTS) is 1. The first-order valence-corrected chi connectivity index (χ1v) is 6.67. The molecule has 2 rings (SSSR count). The summed E-state index contributed by atoms with van der Waals surface area (Å²) < 4.78 is 0. The van der Waals surface area contributed by atoms with Crippen LogP contribution in [0.3, 0.4) is 0 Å². The van der Waals surface area contributed by atoms with Crippen molar-refractivity contribution in [3.63, 3.8) is 0 Å². The normalized spacial score (nSPS) is 10.5. The van der Waals surface area contributed by atoms with Crippen LogP contribution in [-0.4, -0.2) is 21.0 Å². The zero-order valence-corrected chi connectivity index (χ0v) is 11.9. The average molecular weight is 295 g/mol. The van der Waals surface area contributed by atoms with E-state index >= 15 is 0 Å². The second-order valence-electron chi connectivity index (χ2n) is 4.05. The lowest BCUT2D eigenvalue weighted by molar-refractivity contribution is 0.0696. The maximum Gasteiger partial charge on any atom is 0.335 e. The van der Waals surface area contributed by atoms with Crippen molar-refractivity contribution in [3.05, 3.63) is 46.2 Å². The quantitative estimate of drug-likeness (QED) is 0.876. The molecular formula is C13H11ClN2O2S. The molecule has 0 unspecified atom stereocenters. The van der Waals surface area contributed by atoms with Crippen molar-refractivity contribution < 1.29 is 9.90 Å². The first kappa shape index (κ1) is 13.8. The number of carbonyl (C=O) groups is 1. The van der Waals surface area contributed by atoms with Gasteiger partial charge in [0.05, 0.1) is 5.56 Å². The average Bonchev–Trinajstić information content (AvgIpc) is 2.26. The number of hydrogen-bond donors (Lipinski definition) is 1. The van der Waals surface area contributed by atoms with Gasteiger partial charge in [0, 0.05) is 5.69 Å². The summed E-state index contributed by atoms with van der Waals surface area (Å²) in [6.45, 7) is 3.89. The highest BCUT2D eigenvalue weighted by molar-refractivity contribution is 7.99. The van der Waals surface area contributed by atoms with Crippen LogP contribution in [0.25, 0.3) is 0 Å². The summed E-state index contributed by atoms with van der Waals surface area (Å²) in [6.07, 6.45) is 0. The van der Waals surface area contributed by atoms with Crippen LogP contribution in [0, 0.1) is 13.8 Å². The maximum absolute atomic E-state index is 11.0. The van der Waals surface area contributed by atoms with Gasteiger partial charge in [0.25, 0.3) is 0 Å². The van der Waals surface area contributed by atoms with E-state index in [0.717, 1.165) is 16.3 Å². The van der Waals surface area contributed by atoms with E-state index in [0.29, 0.717) is 5.03 Å². The highest BCUT2D eigenvalue weighted by Gasteiger charge is 2.09. The van der Waals surface area contributed by atoms with Crippen LogP contribution in [0.15, 0.2) is 34.3 Å². The fraction of sp³-hybridized carbons (Fsp3) is 0.154. The summed E-state index contributed by atoms with van der Waals surface area (Å²) in [5, 5.41) is 10.4. The molecule has 0 amide bonds. The minimum atomic E-state index is -1.03. The molecule has 2 aromatic heterocycles. The van der Waals surface area contributed by atoms with Gasteiger partial charge in [0.2, 0.25) is 0 Å². The van der Waals surface area contributed by atoms with Gasteiger partial charge in [-0.2, -0.15) is 0 Å². The Balaban J connectivity index is 2.35. The molecule has 19 heavy (non-hydrogen) atoms. The third-order valence-electron chi connectivity index (χ3n) is 2.30. The second kappa shape index (κ2) is 5.59. The molecule has 0 aliphatic carbocycles. The molecule has 0 saturated heterocycles. The number of halogens is 1. The van der Waals surface area contributed by atoms with E-state index in [1.807, 2.05) is 26.0 Å². The van der Waals surface area contributed by atoms with Crippen molar-refractivity contribution in [2.75, 3.05) is 0 Å². The fourth-order valence-corrected chi connectivity index (χ4v) is 2.85. The van der Waals surface area contributed by atoms with Crippen molar-refractivity contribution >= 4 is 29.3 Å². The first-order valence-electron chi connectivity index (χ1n) is 5.48. The van der Waals surface area contributed by atoms with Gasteiger partial charge >= 0.3 is 5.97 Å². The summed E-state index contributed by atoms with van der Waals surface area (Å²) >= 11 is 7.11. The molecule has 0 atom stereocenters. The van der Waals surface area contributed by atoms with E-state index in [1.54, 1.807) is 0 Å². The Morgan fingerprint density at radius 2 is 1.84 bits per heavy atom. The Morgan fingerprint density at radius 1 is 1.16 bits per heavy atom. The molecular weight excluding hydrogens is 284 g/mol. The topological polar surface area (TPSA) is 63.1 Å². The van der Waals surface area contributed by atoms with Gasteiger partial charge in [0.15, 0.2) is 0 Å². The summed E-state index contributed by atoms with van der Waals surface area (Å²) in [5.41, 5.74) is 2.12. The third kappa shape index (κ3) is 3.68. The molecule has 2 heterocycles. The monoisotopic (exact) mass is 294 g/mol. The van der Waals surface area contributed by atoms with E-state index in [2.05, 4.69) is 9.97 Å². The van der Waals surface area contributed by atoms with Crippen molar-refractivity contribution in [2.45, 2.75) is 23.9 Å². The lowest BCUT2D eigenvalue weighted by Crippen LogP contribution is -1.98. The fourth-order valence-electron chi connectivity index (χ4n) is 1.61. The van der Waals surface area contributed by atoms with Crippen molar-refractivity contribution in [1.82, 2.24) is 9.97 Å². The van der Waals surface area contributed by atoms with Gasteiger partial charge in [-0.05, 0) is 43.7 Å². The molecule has 0 saturated carbocycles. The number of aromatic nitrogens is 2. The van der Waals surface area contributed by atoms with Crippen LogP contribution in [0.5, 0.6) is 0 Å². The molecule has 0 aromatic carbocycles. The summed E-state index contributed by atoms with van der Waals surface area (Å²) in [7, 11) is 0. The smallest absolute Gasteiger partial charge is 0.335 e. The zero-order chi connectivity index (χ0) is 14.0. The van der Waals surface area contributed by atoms with Gasteiger partial charge in [-0.1, -0.05) is 23.4 Å². The molecule has 0 fully saturated rings. The van der Waals surface area contributed by atoms with Gasteiger partial charge in [-0.15, -0.1) is 0 Å². The first-order chi connectivity index (χ1) is 8.94. The highest BCUT2D eigenvalue weighted by atomic mass is 35.5. The molecule has 4 nitrogen and oxygen atoms in total. The van der Waals surface area contributed by atoms with Gasteiger partial charge in [-0.25, -0.2) is 14.8 Å². The van der Waals surface area contributed by atoms with Gasteiger partial charge < -0.3 is 5.11 Å². The summed E-state index contributed by atoms with van der Waals surface area (Å²) in [5.74, 6) is -1.03. The molecule has 2 aromatic rings. The molecule has 0 aliphatic rings. The van der Waals surface area contributed by atoms with Gasteiger partial charge in [0.1, 0.15) is 15.2 Å². The second-order valence-corrected chi connectivity index (χ2v) is 5.48. The molecule has 0 spiro atoms. The summed E-state index contributed by atoms with van der Waals surface area (Å²) in [4.78, 5) is 19.4. The van der Waals surface area contributed by atoms with E-state index in [4.69, 9.17) is 16.7 Å². The van der Waals surface area contributed by atoms with Crippen molar-refractivity contribution in [3.8, 4) is 0 Å². The van der Waals surface area contributed by atoms with Crippen LogP contribution in [-0.2, 0) is 0 Å². The third-order valence-corrected chi connectivity index (χ3v) is 3.33. The maximum atomic E-state index is 11.0. The number of aryl methyl sites for hydroxylation is 2. The Kier molecular flexibility index (Phi) is 4.07. The van der Waals surface area contributed by atoms with E-state index in [-0.39, 0.29) is 10.7 Å². The number of nitrogens with zero attached hydrogens (tertiary/aromatic N) is 2. The predicted molar refractivity (Wildman–Crippen MR) is 74.0 cm³/mol. The van der Waals surface area contributed by atoms with Crippen LogP contribution in [0.2, 0.25) is 5.15 Å². The minimum absolute atomic E-state index is 0.117. The SMILES string of the molecule is Cc1cc(C)nc(Sc2cc(C(=O)O)cc(Cl)n2)c1. The lowest BCUT2D eigenvalue weighted by atomic mass is 10.3. The Hall–Kier alpha value is -1.59. The Bertz CT molecular complexity index is 626. The van der Waals surface area contributed by atoms with Crippen molar-refractivity contribution in [2.24, 2.45) is 0 Å². The molecule has 98 valence electrons. The zero-order valence-electron chi connectivity index (χ0n) is 10.3. The van der Waals surface area contributed by atoms with Crippen LogP contribution in [0.1, 0.15) is 21.6 Å². The minimum Gasteiger partial charge on any atom is -0.478 e. The van der Waals surface area contributed by atoms with Crippen molar-refractivity contribution in [1.29, 1.82) is 0 Å². The highest BCUT2D eigenvalue weighted by Crippen LogP contribution is 2.27. The molecule has 0 bridgehead atoms. The van der Waals surface area contributed by atoms with Crippen LogP contribution >= 0.6 is 23.4 Å². The Labute approximate surface area is 119 Å². The molecule has 6 heteroatoms. The molecule has 0 aliphatic heterocycles.